The van der Waals surface area contributed by atoms with E-state index in [9.17, 15) is 9.59 Å². The quantitative estimate of drug-likeness (QED) is 0.290. The predicted molar refractivity (Wildman–Crippen MR) is 107 cm³/mol. The zero-order valence-corrected chi connectivity index (χ0v) is 17.0. The number of fused-ring (bicyclic) bond motifs is 2. The molecule has 0 spiro atoms. The Morgan fingerprint density at radius 3 is 1.36 bits per heavy atom. The van der Waals surface area contributed by atoms with Crippen molar-refractivity contribution < 1.29 is 19.1 Å². The first kappa shape index (κ1) is 19.7. The van der Waals surface area contributed by atoms with E-state index in [1.54, 1.807) is 0 Å². The summed E-state index contributed by atoms with van der Waals surface area (Å²) >= 11 is 0. The first-order valence-corrected chi connectivity index (χ1v) is 11.3. The van der Waals surface area contributed by atoms with Crippen molar-refractivity contribution in [1.29, 1.82) is 0 Å². The van der Waals surface area contributed by atoms with Crippen LogP contribution in [0, 0.1) is 35.5 Å². The van der Waals surface area contributed by atoms with Gasteiger partial charge in [0.25, 0.3) is 0 Å². The molecule has 4 fully saturated rings. The topological polar surface area (TPSA) is 52.6 Å². The summed E-state index contributed by atoms with van der Waals surface area (Å²) in [5.41, 5.74) is 1.39. The minimum Gasteiger partial charge on any atom is -0.462 e. The van der Waals surface area contributed by atoms with Crippen LogP contribution in [-0.2, 0) is 19.1 Å². The van der Waals surface area contributed by atoms with Crippen LogP contribution in [0.1, 0.15) is 64.2 Å². The van der Waals surface area contributed by atoms with Gasteiger partial charge in [0.1, 0.15) is 0 Å². The maximum absolute atomic E-state index is 12.1. The molecule has 4 nitrogen and oxygen atoms in total. The maximum atomic E-state index is 12.1. The molecule has 0 heterocycles. The van der Waals surface area contributed by atoms with Crippen LogP contribution in [0.3, 0.4) is 0 Å². The average molecular weight is 387 g/mol. The Hall–Kier alpha value is -1.58. The summed E-state index contributed by atoms with van der Waals surface area (Å²) in [7, 11) is 0. The van der Waals surface area contributed by atoms with Gasteiger partial charge in [0.05, 0.1) is 13.2 Å². The second-order valence-corrected chi connectivity index (χ2v) is 9.31. The molecule has 4 heteroatoms. The van der Waals surface area contributed by atoms with Crippen molar-refractivity contribution >= 4 is 11.9 Å². The lowest BCUT2D eigenvalue weighted by Crippen LogP contribution is -2.12. The van der Waals surface area contributed by atoms with Gasteiger partial charge in [-0.15, -0.1) is 0 Å². The SMILES string of the molecule is C=C(C(=O)OCCCCCCOC(=O)C(=C)C1C2CCCC21)C1C2CCCC21. The molecule has 4 aliphatic carbocycles. The van der Waals surface area contributed by atoms with Gasteiger partial charge < -0.3 is 9.47 Å². The van der Waals surface area contributed by atoms with Crippen molar-refractivity contribution in [3.8, 4) is 0 Å². The van der Waals surface area contributed by atoms with Crippen LogP contribution in [-0.4, -0.2) is 25.2 Å². The Labute approximate surface area is 168 Å². The molecule has 4 saturated carbocycles. The number of rotatable bonds is 11. The molecule has 0 aromatic heterocycles. The molecule has 0 bridgehead atoms. The van der Waals surface area contributed by atoms with Crippen molar-refractivity contribution in [3.63, 3.8) is 0 Å². The molecule has 0 aromatic carbocycles. The number of hydrogen-bond donors (Lipinski definition) is 0. The molecular formula is C24H34O4. The number of hydrogen-bond acceptors (Lipinski definition) is 4. The van der Waals surface area contributed by atoms with Gasteiger partial charge >= 0.3 is 11.9 Å². The summed E-state index contributed by atoms with van der Waals surface area (Å²) in [6, 6.07) is 0. The molecule has 0 aromatic rings. The van der Waals surface area contributed by atoms with Crippen LogP contribution in [0.25, 0.3) is 0 Å². The Balaban J connectivity index is 0.990. The molecule has 4 unspecified atom stereocenters. The second kappa shape index (κ2) is 8.42. The van der Waals surface area contributed by atoms with Crippen LogP contribution < -0.4 is 0 Å². The Morgan fingerprint density at radius 1 is 0.643 bits per heavy atom. The standard InChI is InChI=1S/C24H34O4/c1-15(21-17-9-7-10-18(17)21)23(25)27-13-5-3-4-6-14-28-24(26)16(2)22-19-11-8-12-20(19)22/h17-22H,1-14H2. The normalized spacial score (nSPS) is 34.3. The number of carbonyl (C=O) groups excluding carboxylic acids is 2. The average Bonchev–Trinajstić information content (AvgIpc) is 3.39. The first-order chi connectivity index (χ1) is 13.6. The molecule has 0 N–H and O–H groups in total. The predicted octanol–water partition coefficient (Wildman–Crippen LogP) is 4.84. The van der Waals surface area contributed by atoms with Crippen molar-refractivity contribution in [2.75, 3.05) is 13.2 Å². The molecule has 28 heavy (non-hydrogen) atoms. The third-order valence-electron chi connectivity index (χ3n) is 7.65. The number of ether oxygens (including phenoxy) is 2. The Kier molecular flexibility index (Phi) is 5.93. The molecule has 4 atom stereocenters. The fourth-order valence-corrected chi connectivity index (χ4v) is 6.02. The van der Waals surface area contributed by atoms with E-state index in [1.807, 2.05) is 0 Å². The lowest BCUT2D eigenvalue weighted by molar-refractivity contribution is -0.140. The maximum Gasteiger partial charge on any atom is 0.333 e. The highest BCUT2D eigenvalue weighted by molar-refractivity contribution is 5.89. The third-order valence-corrected chi connectivity index (χ3v) is 7.65. The molecular weight excluding hydrogens is 352 g/mol. The smallest absolute Gasteiger partial charge is 0.333 e. The van der Waals surface area contributed by atoms with Crippen molar-refractivity contribution in [3.05, 3.63) is 24.3 Å². The summed E-state index contributed by atoms with van der Waals surface area (Å²) < 4.78 is 10.8. The highest BCUT2D eigenvalue weighted by Gasteiger charge is 2.55. The van der Waals surface area contributed by atoms with Gasteiger partial charge in [0.2, 0.25) is 0 Å². The second-order valence-electron chi connectivity index (χ2n) is 9.31. The van der Waals surface area contributed by atoms with E-state index in [0.717, 1.165) is 25.7 Å². The van der Waals surface area contributed by atoms with E-state index in [1.165, 1.54) is 38.5 Å². The molecule has 0 amide bonds. The van der Waals surface area contributed by atoms with Crippen molar-refractivity contribution in [1.82, 2.24) is 0 Å². The zero-order chi connectivity index (χ0) is 19.7. The van der Waals surface area contributed by atoms with E-state index in [0.29, 0.717) is 59.9 Å². The van der Waals surface area contributed by atoms with E-state index in [-0.39, 0.29) is 11.9 Å². The fraction of sp³-hybridized carbons (Fsp3) is 0.750. The highest BCUT2D eigenvalue weighted by Crippen LogP contribution is 2.61. The van der Waals surface area contributed by atoms with E-state index < -0.39 is 0 Å². The van der Waals surface area contributed by atoms with Crippen LogP contribution in [0.4, 0.5) is 0 Å². The summed E-state index contributed by atoms with van der Waals surface area (Å²) in [6.45, 7) is 8.87. The minimum absolute atomic E-state index is 0.198. The molecule has 0 aliphatic heterocycles. The first-order valence-electron chi connectivity index (χ1n) is 11.3. The lowest BCUT2D eigenvalue weighted by Gasteiger charge is -2.09. The molecule has 0 radical (unpaired) electrons. The zero-order valence-electron chi connectivity index (χ0n) is 17.0. The van der Waals surface area contributed by atoms with Gasteiger partial charge in [0, 0.05) is 11.1 Å². The monoisotopic (exact) mass is 386 g/mol. The van der Waals surface area contributed by atoms with Crippen LogP contribution in [0.2, 0.25) is 0 Å². The van der Waals surface area contributed by atoms with Crippen molar-refractivity contribution in [2.45, 2.75) is 64.2 Å². The Bertz CT molecular complexity index is 575. The number of esters is 2. The minimum atomic E-state index is -0.198. The molecule has 4 rings (SSSR count). The third kappa shape index (κ3) is 4.06. The Morgan fingerprint density at radius 2 is 1.00 bits per heavy atom. The van der Waals surface area contributed by atoms with Gasteiger partial charge in [-0.25, -0.2) is 9.59 Å². The van der Waals surface area contributed by atoms with Gasteiger partial charge in [-0.3, -0.25) is 0 Å². The number of carbonyl (C=O) groups is 2. The summed E-state index contributed by atoms with van der Waals surface area (Å²) in [6.07, 6.45) is 11.3. The fourth-order valence-electron chi connectivity index (χ4n) is 6.02. The van der Waals surface area contributed by atoms with E-state index in [2.05, 4.69) is 13.2 Å². The van der Waals surface area contributed by atoms with Crippen LogP contribution in [0.5, 0.6) is 0 Å². The molecule has 4 aliphatic rings. The van der Waals surface area contributed by atoms with Crippen LogP contribution in [0.15, 0.2) is 24.3 Å². The van der Waals surface area contributed by atoms with Gasteiger partial charge in [0.15, 0.2) is 0 Å². The van der Waals surface area contributed by atoms with E-state index in [4.69, 9.17) is 9.47 Å². The highest BCUT2D eigenvalue weighted by atomic mass is 16.5. The van der Waals surface area contributed by atoms with Gasteiger partial charge in [-0.05, 0) is 86.9 Å². The largest absolute Gasteiger partial charge is 0.462 e. The summed E-state index contributed by atoms with van der Waals surface area (Å²) in [4.78, 5) is 24.1. The number of unbranched alkanes of at least 4 members (excludes halogenated alkanes) is 3. The summed E-state index contributed by atoms with van der Waals surface area (Å²) in [5, 5.41) is 0. The molecule has 0 saturated heterocycles. The van der Waals surface area contributed by atoms with Crippen LogP contribution >= 0.6 is 0 Å². The van der Waals surface area contributed by atoms with Crippen molar-refractivity contribution in [2.24, 2.45) is 35.5 Å². The van der Waals surface area contributed by atoms with Gasteiger partial charge in [-0.1, -0.05) is 26.0 Å². The van der Waals surface area contributed by atoms with Gasteiger partial charge in [-0.2, -0.15) is 0 Å². The lowest BCUT2D eigenvalue weighted by atomic mass is 10.1. The summed E-state index contributed by atoms with van der Waals surface area (Å²) in [5.74, 6) is 3.24. The molecule has 154 valence electrons. The van der Waals surface area contributed by atoms with E-state index >= 15 is 0 Å².